The van der Waals surface area contributed by atoms with Crippen LogP contribution in [0.15, 0.2) is 130 Å². The maximum Gasteiger partial charge on any atom is -0.0104 e. The summed E-state index contributed by atoms with van der Waals surface area (Å²) in [5.41, 5.74) is 9.61. The molecule has 0 fully saturated rings. The van der Waals surface area contributed by atoms with E-state index in [-0.39, 0.29) is 0 Å². The van der Waals surface area contributed by atoms with Crippen LogP contribution in [0.1, 0.15) is 81.6 Å². The van der Waals surface area contributed by atoms with E-state index in [2.05, 4.69) is 153 Å². The number of hydrogen-bond acceptors (Lipinski definition) is 0. The second-order valence-electron chi connectivity index (χ2n) is 10.6. The Balaban J connectivity index is 2.62. The minimum absolute atomic E-state index is 0.293. The van der Waals surface area contributed by atoms with Gasteiger partial charge < -0.3 is 0 Å². The summed E-state index contributed by atoms with van der Waals surface area (Å²) >= 11 is 0. The summed E-state index contributed by atoms with van der Waals surface area (Å²) in [4.78, 5) is 0. The molecule has 0 unspecified atom stereocenters. The van der Waals surface area contributed by atoms with Gasteiger partial charge in [-0.05, 0) is 78.7 Å². The van der Waals surface area contributed by atoms with Crippen molar-refractivity contribution in [2.75, 3.05) is 0 Å². The van der Waals surface area contributed by atoms with Crippen LogP contribution in [0.5, 0.6) is 0 Å². The molecule has 1 aliphatic carbocycles. The van der Waals surface area contributed by atoms with E-state index >= 15 is 0 Å². The van der Waals surface area contributed by atoms with E-state index in [1.54, 1.807) is 5.57 Å². The maximum absolute atomic E-state index is 2.37. The second kappa shape index (κ2) is 15.9. The standard InChI is InChI=1S/C35H48/c1-28(2)16-12-19-31(5)22-13-20-29(3)17-10-11-18-30(4)21-14-23-32(6)25-26-34-33(7)24-15-27-35(34,8)9/h10-14,16-23,25-26H,15,24,27H2,1-9H3/b11-10+,19-12+,20-13+,21-14+,26-25+,29-17+,30-18+,31-22+,32-23+. The van der Waals surface area contributed by atoms with Crippen molar-refractivity contribution in [3.63, 3.8) is 0 Å². The van der Waals surface area contributed by atoms with Crippen molar-refractivity contribution < 1.29 is 0 Å². The molecule has 0 bridgehead atoms. The van der Waals surface area contributed by atoms with Crippen molar-refractivity contribution >= 4 is 0 Å². The lowest BCUT2D eigenvalue weighted by Gasteiger charge is -2.32. The topological polar surface area (TPSA) is 0 Å². The Labute approximate surface area is 217 Å². The van der Waals surface area contributed by atoms with Crippen LogP contribution in [-0.4, -0.2) is 0 Å². The quantitative estimate of drug-likeness (QED) is 0.280. The van der Waals surface area contributed by atoms with Crippen LogP contribution in [0, 0.1) is 5.41 Å². The Kier molecular flexibility index (Phi) is 13.7. The molecule has 0 aliphatic heterocycles. The summed E-state index contributed by atoms with van der Waals surface area (Å²) in [5.74, 6) is 0. The van der Waals surface area contributed by atoms with Crippen molar-refractivity contribution in [2.24, 2.45) is 5.41 Å². The molecular formula is C35H48. The molecule has 0 aromatic carbocycles. The number of hydrogen-bond donors (Lipinski definition) is 0. The third-order valence-corrected chi connectivity index (χ3v) is 6.11. The molecule has 0 saturated heterocycles. The predicted octanol–water partition coefficient (Wildman–Crippen LogP) is 11.0. The van der Waals surface area contributed by atoms with Gasteiger partial charge in [0.15, 0.2) is 0 Å². The fraction of sp³-hybridized carbons (Fsp3) is 0.371. The second-order valence-corrected chi connectivity index (χ2v) is 10.6. The van der Waals surface area contributed by atoms with Gasteiger partial charge in [0.25, 0.3) is 0 Å². The predicted molar refractivity (Wildman–Crippen MR) is 160 cm³/mol. The monoisotopic (exact) mass is 468 g/mol. The summed E-state index contributed by atoms with van der Waals surface area (Å²) < 4.78 is 0. The van der Waals surface area contributed by atoms with Crippen LogP contribution in [-0.2, 0) is 0 Å². The zero-order chi connectivity index (χ0) is 26.3. The Hall–Kier alpha value is -2.86. The van der Waals surface area contributed by atoms with Crippen LogP contribution in [0.25, 0.3) is 0 Å². The van der Waals surface area contributed by atoms with Gasteiger partial charge in [0, 0.05) is 0 Å². The zero-order valence-electron chi connectivity index (χ0n) is 23.8. The van der Waals surface area contributed by atoms with Crippen molar-refractivity contribution in [1.29, 1.82) is 0 Å². The van der Waals surface area contributed by atoms with Crippen LogP contribution in [0.2, 0.25) is 0 Å². The first kappa shape index (κ1) is 30.2. The lowest BCUT2D eigenvalue weighted by atomic mass is 9.72. The molecule has 0 atom stereocenters. The van der Waals surface area contributed by atoms with Gasteiger partial charge in [-0.3, -0.25) is 0 Å². The highest BCUT2D eigenvalue weighted by molar-refractivity contribution is 5.37. The lowest BCUT2D eigenvalue weighted by Crippen LogP contribution is -2.19. The molecule has 35 heavy (non-hydrogen) atoms. The van der Waals surface area contributed by atoms with Gasteiger partial charge in [-0.2, -0.15) is 0 Å². The number of rotatable bonds is 10. The molecule has 0 heteroatoms. The highest BCUT2D eigenvalue weighted by atomic mass is 14.3. The van der Waals surface area contributed by atoms with Gasteiger partial charge in [-0.1, -0.05) is 138 Å². The first-order chi connectivity index (χ1) is 16.5. The molecule has 188 valence electrons. The van der Waals surface area contributed by atoms with Crippen LogP contribution in [0.3, 0.4) is 0 Å². The van der Waals surface area contributed by atoms with Gasteiger partial charge in [-0.15, -0.1) is 0 Å². The summed E-state index contributed by atoms with van der Waals surface area (Å²) in [7, 11) is 0. The van der Waals surface area contributed by atoms with Crippen molar-refractivity contribution in [2.45, 2.75) is 81.6 Å². The Morgan fingerprint density at radius 2 is 1.03 bits per heavy atom. The zero-order valence-corrected chi connectivity index (χ0v) is 23.8. The minimum Gasteiger partial charge on any atom is -0.0764 e. The summed E-state index contributed by atoms with van der Waals surface area (Å²) in [5, 5.41) is 0. The van der Waals surface area contributed by atoms with Crippen LogP contribution >= 0.6 is 0 Å². The first-order valence-corrected chi connectivity index (χ1v) is 12.9. The van der Waals surface area contributed by atoms with Gasteiger partial charge in [0.05, 0.1) is 0 Å². The average molecular weight is 469 g/mol. The smallest absolute Gasteiger partial charge is 0.0104 e. The van der Waals surface area contributed by atoms with E-state index in [1.165, 1.54) is 52.7 Å². The first-order valence-electron chi connectivity index (χ1n) is 12.9. The normalized spacial score (nSPS) is 18.9. The fourth-order valence-electron chi connectivity index (χ4n) is 3.96. The molecule has 0 radical (unpaired) electrons. The SMILES string of the molecule is CC(C)=C/C=C/C(C)=C/C=C/C(C)=C/C=C/C=C(C)/C=C/C=C(C)/C=C/C1=C(C)CCCC1(C)C. The van der Waals surface area contributed by atoms with Crippen LogP contribution < -0.4 is 0 Å². The van der Waals surface area contributed by atoms with E-state index < -0.39 is 0 Å². The number of allylic oxidation sites excluding steroid dienone is 22. The molecular weight excluding hydrogens is 420 g/mol. The van der Waals surface area contributed by atoms with Gasteiger partial charge in [0.1, 0.15) is 0 Å². The molecule has 0 aromatic heterocycles. The van der Waals surface area contributed by atoms with E-state index in [9.17, 15) is 0 Å². The lowest BCUT2D eigenvalue weighted by molar-refractivity contribution is 0.377. The molecule has 0 heterocycles. The van der Waals surface area contributed by atoms with Crippen LogP contribution in [0.4, 0.5) is 0 Å². The summed E-state index contributed by atoms with van der Waals surface area (Å²) in [6, 6.07) is 0. The Bertz CT molecular complexity index is 1020. The summed E-state index contributed by atoms with van der Waals surface area (Å²) in [6.45, 7) is 19.8. The minimum atomic E-state index is 0.293. The molecule has 0 N–H and O–H groups in total. The average Bonchev–Trinajstić information content (AvgIpc) is 2.75. The van der Waals surface area contributed by atoms with Gasteiger partial charge in [0.2, 0.25) is 0 Å². The fourth-order valence-corrected chi connectivity index (χ4v) is 3.96. The molecule has 0 saturated carbocycles. The Morgan fingerprint density at radius 3 is 1.49 bits per heavy atom. The highest BCUT2D eigenvalue weighted by Gasteiger charge is 2.26. The van der Waals surface area contributed by atoms with Crippen molar-refractivity contribution in [3.8, 4) is 0 Å². The molecule has 0 spiro atoms. The summed E-state index contributed by atoms with van der Waals surface area (Å²) in [6.07, 6.45) is 36.0. The highest BCUT2D eigenvalue weighted by Crippen LogP contribution is 2.40. The van der Waals surface area contributed by atoms with E-state index in [0.717, 1.165) is 0 Å². The maximum atomic E-state index is 2.37. The molecule has 0 nitrogen and oxygen atoms in total. The molecule has 1 aliphatic rings. The van der Waals surface area contributed by atoms with E-state index in [0.29, 0.717) is 5.41 Å². The van der Waals surface area contributed by atoms with E-state index in [4.69, 9.17) is 0 Å². The molecule has 0 amide bonds. The third-order valence-electron chi connectivity index (χ3n) is 6.11. The molecule has 1 rings (SSSR count). The Morgan fingerprint density at radius 1 is 0.600 bits per heavy atom. The van der Waals surface area contributed by atoms with Crippen molar-refractivity contribution in [1.82, 2.24) is 0 Å². The van der Waals surface area contributed by atoms with E-state index in [1.807, 2.05) is 0 Å². The largest absolute Gasteiger partial charge is 0.0764 e. The third kappa shape index (κ3) is 13.6. The van der Waals surface area contributed by atoms with Gasteiger partial charge >= 0.3 is 0 Å². The van der Waals surface area contributed by atoms with Gasteiger partial charge in [-0.25, -0.2) is 0 Å². The van der Waals surface area contributed by atoms with Crippen molar-refractivity contribution in [3.05, 3.63) is 130 Å². The molecule has 0 aromatic rings.